The molecular weight excluding hydrogens is 212 g/mol. The molecule has 0 heterocycles. The molecule has 0 fully saturated rings. The number of hydrogen-bond donors (Lipinski definition) is 1. The minimum Gasteiger partial charge on any atom is -0.550 e. The smallest absolute Gasteiger partial charge is 0.335 e. The number of carboxylic acids is 1. The Balaban J connectivity index is 2.38. The first-order chi connectivity index (χ1) is 7.59. The number of hydrogen-bond acceptors (Lipinski definition) is 5. The summed E-state index contributed by atoms with van der Waals surface area (Å²) in [5.41, 5.74) is 0.761. The van der Waals surface area contributed by atoms with Gasteiger partial charge in [-0.25, -0.2) is 4.79 Å². The Kier molecular flexibility index (Phi) is 4.47. The molecule has 86 valence electrons. The molecular formula is C11H11O5-. The van der Waals surface area contributed by atoms with Crippen LogP contribution in [-0.4, -0.2) is 23.1 Å². The van der Waals surface area contributed by atoms with Crippen LogP contribution in [0.3, 0.4) is 0 Å². The van der Waals surface area contributed by atoms with Gasteiger partial charge in [-0.3, -0.25) is 0 Å². The van der Waals surface area contributed by atoms with Crippen LogP contribution in [0.25, 0.3) is 0 Å². The van der Waals surface area contributed by atoms with E-state index in [0.717, 1.165) is 5.56 Å². The number of aliphatic hydroxyl groups is 1. The molecule has 16 heavy (non-hydrogen) atoms. The molecule has 1 unspecified atom stereocenters. The van der Waals surface area contributed by atoms with E-state index >= 15 is 0 Å². The van der Waals surface area contributed by atoms with E-state index in [1.165, 1.54) is 0 Å². The Bertz CT molecular complexity index is 360. The van der Waals surface area contributed by atoms with Crippen LogP contribution < -0.4 is 5.11 Å². The number of aliphatic hydroxyl groups excluding tert-OH is 1. The molecule has 0 aliphatic heterocycles. The molecule has 0 aromatic heterocycles. The van der Waals surface area contributed by atoms with Crippen LogP contribution in [0, 0.1) is 0 Å². The van der Waals surface area contributed by atoms with Gasteiger partial charge in [0.05, 0.1) is 0 Å². The molecule has 1 rings (SSSR count). The highest BCUT2D eigenvalue weighted by Crippen LogP contribution is 2.02. The zero-order valence-corrected chi connectivity index (χ0v) is 8.46. The Hall–Kier alpha value is -1.88. The van der Waals surface area contributed by atoms with Crippen molar-refractivity contribution in [3.05, 3.63) is 35.9 Å². The van der Waals surface area contributed by atoms with Crippen LogP contribution in [0.15, 0.2) is 30.3 Å². The zero-order chi connectivity index (χ0) is 12.0. The average Bonchev–Trinajstić information content (AvgIpc) is 2.26. The summed E-state index contributed by atoms with van der Waals surface area (Å²) in [5.74, 6) is -2.46. The highest BCUT2D eigenvalue weighted by molar-refractivity contribution is 5.80. The zero-order valence-electron chi connectivity index (χ0n) is 8.46. The topological polar surface area (TPSA) is 86.7 Å². The van der Waals surface area contributed by atoms with Crippen molar-refractivity contribution in [3.63, 3.8) is 0 Å². The summed E-state index contributed by atoms with van der Waals surface area (Å²) in [6, 6.07) is 8.87. The highest BCUT2D eigenvalue weighted by atomic mass is 16.5. The molecule has 0 spiro atoms. The van der Waals surface area contributed by atoms with E-state index in [0.29, 0.717) is 0 Å². The van der Waals surface area contributed by atoms with Crippen LogP contribution >= 0.6 is 0 Å². The van der Waals surface area contributed by atoms with Crippen molar-refractivity contribution in [1.29, 1.82) is 0 Å². The fourth-order valence-corrected chi connectivity index (χ4v) is 1.07. The summed E-state index contributed by atoms with van der Waals surface area (Å²) in [6.45, 7) is 0.00375. The lowest BCUT2D eigenvalue weighted by Crippen LogP contribution is -2.32. The molecule has 1 N–H and O–H groups in total. The van der Waals surface area contributed by atoms with Crippen LogP contribution in [0.5, 0.6) is 0 Å². The van der Waals surface area contributed by atoms with Gasteiger partial charge in [-0.2, -0.15) is 0 Å². The number of esters is 1. The normalized spacial score (nSPS) is 11.8. The summed E-state index contributed by atoms with van der Waals surface area (Å²) in [5, 5.41) is 19.2. The number of rotatable bonds is 5. The number of carbonyl (C=O) groups is 2. The Morgan fingerprint density at radius 1 is 1.31 bits per heavy atom. The van der Waals surface area contributed by atoms with Gasteiger partial charge in [-0.1, -0.05) is 30.3 Å². The Labute approximate surface area is 92.3 Å². The first-order valence-electron chi connectivity index (χ1n) is 4.68. The summed E-state index contributed by atoms with van der Waals surface area (Å²) in [6.07, 6.45) is -2.43. The second-order valence-electron chi connectivity index (χ2n) is 3.19. The number of carbonyl (C=O) groups excluding carboxylic acids is 2. The van der Waals surface area contributed by atoms with Crippen molar-refractivity contribution in [2.45, 2.75) is 19.1 Å². The second kappa shape index (κ2) is 5.87. The van der Waals surface area contributed by atoms with Gasteiger partial charge in [0.1, 0.15) is 6.61 Å². The highest BCUT2D eigenvalue weighted by Gasteiger charge is 2.16. The van der Waals surface area contributed by atoms with Gasteiger partial charge in [0.2, 0.25) is 0 Å². The van der Waals surface area contributed by atoms with Crippen molar-refractivity contribution in [3.8, 4) is 0 Å². The van der Waals surface area contributed by atoms with Crippen molar-refractivity contribution in [2.24, 2.45) is 0 Å². The van der Waals surface area contributed by atoms with Gasteiger partial charge in [-0.05, 0) is 5.56 Å². The van der Waals surface area contributed by atoms with Crippen LogP contribution in [0.1, 0.15) is 12.0 Å². The fraction of sp³-hybridized carbons (Fsp3) is 0.273. The molecule has 0 saturated heterocycles. The standard InChI is InChI=1S/C11H12O5/c12-9(6-10(13)14)11(15)16-7-8-4-2-1-3-5-8/h1-5,9,12H,6-7H2,(H,13,14)/p-1. The molecule has 0 radical (unpaired) electrons. The number of ether oxygens (including phenoxy) is 1. The molecule has 0 saturated carbocycles. The third-order valence-electron chi connectivity index (χ3n) is 1.86. The maximum Gasteiger partial charge on any atom is 0.335 e. The number of carboxylic acid groups (broad SMARTS) is 1. The summed E-state index contributed by atoms with van der Waals surface area (Å²) < 4.78 is 4.71. The van der Waals surface area contributed by atoms with Crippen molar-refractivity contribution in [1.82, 2.24) is 0 Å². The van der Waals surface area contributed by atoms with Crippen molar-refractivity contribution >= 4 is 11.9 Å². The molecule has 0 aliphatic carbocycles. The van der Waals surface area contributed by atoms with E-state index < -0.39 is 24.5 Å². The quantitative estimate of drug-likeness (QED) is 0.662. The summed E-state index contributed by atoms with van der Waals surface area (Å²) >= 11 is 0. The lowest BCUT2D eigenvalue weighted by atomic mass is 10.2. The first-order valence-corrected chi connectivity index (χ1v) is 4.68. The fourth-order valence-electron chi connectivity index (χ4n) is 1.07. The lowest BCUT2D eigenvalue weighted by molar-refractivity contribution is -0.307. The first kappa shape index (κ1) is 12.2. The molecule has 5 heteroatoms. The minimum atomic E-state index is -1.67. The molecule has 5 nitrogen and oxygen atoms in total. The van der Waals surface area contributed by atoms with E-state index in [9.17, 15) is 14.7 Å². The number of aliphatic carboxylic acids is 1. The minimum absolute atomic E-state index is 0.00375. The SMILES string of the molecule is O=C([O-])CC(O)C(=O)OCc1ccccc1. The van der Waals surface area contributed by atoms with Gasteiger partial charge in [0.15, 0.2) is 6.10 Å². The van der Waals surface area contributed by atoms with E-state index in [-0.39, 0.29) is 6.61 Å². The van der Waals surface area contributed by atoms with E-state index in [1.54, 1.807) is 24.3 Å². The maximum atomic E-state index is 11.1. The predicted molar refractivity (Wildman–Crippen MR) is 51.9 cm³/mol. The molecule has 0 bridgehead atoms. The monoisotopic (exact) mass is 223 g/mol. The van der Waals surface area contributed by atoms with Gasteiger partial charge in [0.25, 0.3) is 0 Å². The maximum absolute atomic E-state index is 11.1. The lowest BCUT2D eigenvalue weighted by Gasteiger charge is -2.10. The van der Waals surface area contributed by atoms with Crippen LogP contribution in [0.4, 0.5) is 0 Å². The summed E-state index contributed by atoms with van der Waals surface area (Å²) in [7, 11) is 0. The van der Waals surface area contributed by atoms with Gasteiger partial charge in [-0.15, -0.1) is 0 Å². The number of benzene rings is 1. The molecule has 0 amide bonds. The van der Waals surface area contributed by atoms with Crippen molar-refractivity contribution in [2.75, 3.05) is 0 Å². The molecule has 0 aliphatic rings. The van der Waals surface area contributed by atoms with Crippen molar-refractivity contribution < 1.29 is 24.5 Å². The Morgan fingerprint density at radius 2 is 1.94 bits per heavy atom. The van der Waals surface area contributed by atoms with Gasteiger partial charge in [0, 0.05) is 12.4 Å². The van der Waals surface area contributed by atoms with Gasteiger partial charge >= 0.3 is 5.97 Å². The van der Waals surface area contributed by atoms with E-state index in [1.807, 2.05) is 6.07 Å². The van der Waals surface area contributed by atoms with Gasteiger partial charge < -0.3 is 19.7 Å². The predicted octanol–water partition coefficient (Wildman–Crippen LogP) is -0.769. The Morgan fingerprint density at radius 3 is 2.50 bits per heavy atom. The largest absolute Gasteiger partial charge is 0.550 e. The van der Waals surface area contributed by atoms with Crippen LogP contribution in [-0.2, 0) is 20.9 Å². The van der Waals surface area contributed by atoms with E-state index in [4.69, 9.17) is 9.84 Å². The average molecular weight is 223 g/mol. The summed E-state index contributed by atoms with van der Waals surface area (Å²) in [4.78, 5) is 21.2. The third kappa shape index (κ3) is 4.10. The molecule has 1 aromatic carbocycles. The van der Waals surface area contributed by atoms with E-state index in [2.05, 4.69) is 0 Å². The molecule has 1 atom stereocenters. The van der Waals surface area contributed by atoms with Crippen LogP contribution in [0.2, 0.25) is 0 Å². The third-order valence-corrected chi connectivity index (χ3v) is 1.86. The second-order valence-corrected chi connectivity index (χ2v) is 3.19. The molecule has 1 aromatic rings.